The molecule has 1 aliphatic heterocycles. The Hall–Kier alpha value is -1.75. The molecule has 0 saturated carbocycles. The van der Waals surface area contributed by atoms with Gasteiger partial charge in [0.1, 0.15) is 12.2 Å². The van der Waals surface area contributed by atoms with Crippen molar-refractivity contribution >= 4 is 25.4 Å². The van der Waals surface area contributed by atoms with Crippen LogP contribution in [-0.4, -0.2) is 57.8 Å². The van der Waals surface area contributed by atoms with Crippen molar-refractivity contribution in [1.82, 2.24) is 19.5 Å². The van der Waals surface area contributed by atoms with Gasteiger partial charge in [-0.15, -0.1) is 0 Å². The first-order valence-corrected chi connectivity index (χ1v) is 14.0. The molecule has 1 fully saturated rings. The second-order valence-corrected chi connectivity index (χ2v) is 15.1. The van der Waals surface area contributed by atoms with E-state index in [-0.39, 0.29) is 22.2 Å². The summed E-state index contributed by atoms with van der Waals surface area (Å²) in [4.78, 5) is 24.2. The molecule has 0 aromatic carbocycles. The summed E-state index contributed by atoms with van der Waals surface area (Å²) in [7, 11) is -2.20. The number of hydrogen-bond donors (Lipinski definition) is 3. The van der Waals surface area contributed by atoms with Gasteiger partial charge < -0.3 is 19.6 Å². The van der Waals surface area contributed by atoms with Gasteiger partial charge >= 0.3 is 0 Å². The highest BCUT2D eigenvalue weighted by Gasteiger charge is 2.50. The van der Waals surface area contributed by atoms with Crippen LogP contribution in [0.2, 0.25) is 18.1 Å². The minimum absolute atomic E-state index is 0.0259. The Morgan fingerprint density at radius 3 is 2.65 bits per heavy atom. The van der Waals surface area contributed by atoms with Crippen LogP contribution in [0.15, 0.2) is 11.1 Å². The maximum absolute atomic E-state index is 12.6. The van der Waals surface area contributed by atoms with Gasteiger partial charge in [-0.25, -0.2) is 4.98 Å². The number of anilines is 1. The molecule has 3 heterocycles. The first-order chi connectivity index (χ1) is 14.4. The van der Waals surface area contributed by atoms with E-state index in [1.54, 1.807) is 10.9 Å². The number of fused-ring (bicyclic) bond motifs is 1. The van der Waals surface area contributed by atoms with Crippen LogP contribution in [0.25, 0.3) is 11.2 Å². The van der Waals surface area contributed by atoms with Gasteiger partial charge in [-0.05, 0) is 30.5 Å². The predicted molar refractivity (Wildman–Crippen MR) is 124 cm³/mol. The molecule has 2 unspecified atom stereocenters. The van der Waals surface area contributed by atoms with Gasteiger partial charge in [0, 0.05) is 6.54 Å². The third-order valence-corrected chi connectivity index (χ3v) is 10.8. The first-order valence-electron chi connectivity index (χ1n) is 11.1. The van der Waals surface area contributed by atoms with Gasteiger partial charge in [0.2, 0.25) is 5.95 Å². The molecule has 2 aromatic rings. The Morgan fingerprint density at radius 1 is 1.39 bits per heavy atom. The van der Waals surface area contributed by atoms with Crippen molar-refractivity contribution in [2.45, 2.75) is 90.6 Å². The number of nitrogens with one attached hydrogen (secondary N) is 2. The molecule has 9 nitrogen and oxygen atoms in total. The van der Waals surface area contributed by atoms with Gasteiger partial charge in [-0.3, -0.25) is 14.3 Å². The number of hydrogen-bond acceptors (Lipinski definition) is 7. The van der Waals surface area contributed by atoms with E-state index in [0.29, 0.717) is 30.5 Å². The Balaban J connectivity index is 2.02. The van der Waals surface area contributed by atoms with Crippen molar-refractivity contribution in [3.63, 3.8) is 0 Å². The minimum Gasteiger partial charge on any atom is -0.407 e. The smallest absolute Gasteiger partial charge is 0.280 e. The van der Waals surface area contributed by atoms with E-state index >= 15 is 0 Å². The fourth-order valence-electron chi connectivity index (χ4n) is 3.42. The predicted octanol–water partition coefficient (Wildman–Crippen LogP) is 3.25. The molecule has 0 amide bonds. The third-order valence-electron chi connectivity index (χ3n) is 6.34. The molecule has 0 bridgehead atoms. The lowest BCUT2D eigenvalue weighted by molar-refractivity contribution is -0.0325. The van der Waals surface area contributed by atoms with Crippen LogP contribution in [0.4, 0.5) is 5.95 Å². The zero-order valence-electron chi connectivity index (χ0n) is 19.9. The summed E-state index contributed by atoms with van der Waals surface area (Å²) in [5.41, 5.74) is 0.328. The van der Waals surface area contributed by atoms with Crippen LogP contribution in [0, 0.1) is 5.92 Å². The van der Waals surface area contributed by atoms with E-state index in [9.17, 15) is 9.90 Å². The van der Waals surface area contributed by atoms with Crippen molar-refractivity contribution in [2.24, 2.45) is 5.92 Å². The molecule has 0 radical (unpaired) electrons. The standard InChI is InChI=1S/C21H37N5O4Si/c1-9-13-15(27)16(30-31(7,8)21(4,5)6)19(29-13)26-11-23-14-17(26)24-20(25-18(14)28)22-10-12(2)3/h11-13,15-16,19,27H,9-10H2,1-8H3,(H2,22,24,25,28)/t13-,15?,16-,19?/m1/s1. The molecular weight excluding hydrogens is 414 g/mol. The maximum atomic E-state index is 12.6. The summed E-state index contributed by atoms with van der Waals surface area (Å²) in [6.07, 6.45) is -0.129. The average Bonchev–Trinajstić information content (AvgIpc) is 3.21. The zero-order chi connectivity index (χ0) is 23.1. The molecule has 0 aliphatic carbocycles. The van der Waals surface area contributed by atoms with E-state index in [1.165, 1.54) is 0 Å². The van der Waals surface area contributed by atoms with Gasteiger partial charge in [-0.2, -0.15) is 4.98 Å². The number of rotatable bonds is 7. The summed E-state index contributed by atoms with van der Waals surface area (Å²) < 4.78 is 14.6. The van der Waals surface area contributed by atoms with Crippen LogP contribution < -0.4 is 10.9 Å². The molecule has 0 spiro atoms. The second kappa shape index (κ2) is 8.65. The van der Waals surface area contributed by atoms with Crippen molar-refractivity contribution in [2.75, 3.05) is 11.9 Å². The summed E-state index contributed by atoms with van der Waals surface area (Å²) in [5, 5.41) is 14.1. The monoisotopic (exact) mass is 451 g/mol. The van der Waals surface area contributed by atoms with Crippen molar-refractivity contribution in [1.29, 1.82) is 0 Å². The fourth-order valence-corrected chi connectivity index (χ4v) is 4.71. The Labute approximate surface area is 184 Å². The second-order valence-electron chi connectivity index (χ2n) is 10.3. The van der Waals surface area contributed by atoms with Crippen LogP contribution in [0.3, 0.4) is 0 Å². The molecule has 1 saturated heterocycles. The third kappa shape index (κ3) is 4.71. The number of nitrogens with zero attached hydrogens (tertiary/aromatic N) is 3. The highest BCUT2D eigenvalue weighted by atomic mass is 28.4. The topological polar surface area (TPSA) is 114 Å². The lowest BCUT2D eigenvalue weighted by Crippen LogP contribution is -2.48. The normalized spacial score (nSPS) is 25.0. The number of aliphatic hydroxyl groups excluding tert-OH is 1. The molecule has 3 N–H and O–H groups in total. The number of aromatic amines is 1. The molecule has 2 aromatic heterocycles. The van der Waals surface area contributed by atoms with Crippen LogP contribution >= 0.6 is 0 Å². The van der Waals surface area contributed by atoms with Crippen molar-refractivity contribution in [3.05, 3.63) is 16.7 Å². The minimum atomic E-state index is -2.20. The van der Waals surface area contributed by atoms with E-state index < -0.39 is 26.8 Å². The van der Waals surface area contributed by atoms with E-state index in [1.807, 2.05) is 6.92 Å². The maximum Gasteiger partial charge on any atom is 0.280 e. The Morgan fingerprint density at radius 2 is 2.06 bits per heavy atom. The summed E-state index contributed by atoms with van der Waals surface area (Å²) in [6, 6.07) is 0. The number of aliphatic hydroxyl groups is 1. The van der Waals surface area contributed by atoms with Gasteiger partial charge in [-0.1, -0.05) is 41.5 Å². The number of aromatic nitrogens is 4. The fraction of sp³-hybridized carbons (Fsp3) is 0.762. The molecule has 1 aliphatic rings. The number of ether oxygens (including phenoxy) is 1. The van der Waals surface area contributed by atoms with E-state index in [4.69, 9.17) is 9.16 Å². The molecule has 3 rings (SSSR count). The van der Waals surface area contributed by atoms with E-state index in [2.05, 4.69) is 68.0 Å². The van der Waals surface area contributed by atoms with Crippen LogP contribution in [0.1, 0.15) is 54.2 Å². The molecule has 4 atom stereocenters. The number of H-pyrrole nitrogens is 1. The van der Waals surface area contributed by atoms with Crippen molar-refractivity contribution in [3.8, 4) is 0 Å². The SMILES string of the molecule is CC[C@H]1OC(n2cnc3c(=O)[nH]c(NCC(C)C)nc32)[C@H](O[Si](C)(C)C(C)(C)C)C1O. The summed E-state index contributed by atoms with van der Waals surface area (Å²) >= 11 is 0. The van der Waals surface area contributed by atoms with Gasteiger partial charge in [0.05, 0.1) is 12.4 Å². The molecule has 31 heavy (non-hydrogen) atoms. The molecule has 174 valence electrons. The highest BCUT2D eigenvalue weighted by molar-refractivity contribution is 6.74. The quantitative estimate of drug-likeness (QED) is 0.554. The largest absolute Gasteiger partial charge is 0.407 e. The number of imidazole rings is 1. The summed E-state index contributed by atoms with van der Waals surface area (Å²) in [5.74, 6) is 0.785. The van der Waals surface area contributed by atoms with Crippen LogP contribution in [-0.2, 0) is 9.16 Å². The van der Waals surface area contributed by atoms with E-state index in [0.717, 1.165) is 0 Å². The lowest BCUT2D eigenvalue weighted by Gasteiger charge is -2.40. The summed E-state index contributed by atoms with van der Waals surface area (Å²) in [6.45, 7) is 17.6. The zero-order valence-corrected chi connectivity index (χ0v) is 20.9. The Kier molecular flexibility index (Phi) is 6.67. The highest BCUT2D eigenvalue weighted by Crippen LogP contribution is 2.42. The molecule has 10 heteroatoms. The average molecular weight is 452 g/mol. The molecular formula is C21H37N5O4Si. The van der Waals surface area contributed by atoms with Gasteiger partial charge in [0.25, 0.3) is 5.56 Å². The lowest BCUT2D eigenvalue weighted by atomic mass is 10.1. The first kappa shape index (κ1) is 23.9. The Bertz CT molecular complexity index is 965. The van der Waals surface area contributed by atoms with Crippen LogP contribution in [0.5, 0.6) is 0 Å². The van der Waals surface area contributed by atoms with Gasteiger partial charge in [0.15, 0.2) is 25.7 Å². The van der Waals surface area contributed by atoms with Crippen molar-refractivity contribution < 1.29 is 14.3 Å².